The lowest BCUT2D eigenvalue weighted by Crippen LogP contribution is -2.33. The zero-order valence-electron chi connectivity index (χ0n) is 23.8. The van der Waals surface area contributed by atoms with E-state index in [-0.39, 0.29) is 24.1 Å². The molecule has 1 saturated heterocycles. The molecule has 2 rings (SSSR count). The van der Waals surface area contributed by atoms with Crippen molar-refractivity contribution in [3.8, 4) is 0 Å². The van der Waals surface area contributed by atoms with Gasteiger partial charge in [-0.15, -0.1) is 0 Å². The van der Waals surface area contributed by atoms with Gasteiger partial charge in [-0.2, -0.15) is 26.3 Å². The zero-order chi connectivity index (χ0) is 30.4. The molecule has 0 amide bonds. The van der Waals surface area contributed by atoms with Gasteiger partial charge in [0.15, 0.2) is 5.62 Å². The molecule has 0 spiro atoms. The van der Waals surface area contributed by atoms with Gasteiger partial charge in [-0.3, -0.25) is 14.7 Å². The average Bonchev–Trinajstić information content (AvgIpc) is 2.84. The summed E-state index contributed by atoms with van der Waals surface area (Å²) in [5.74, 6) is 0.148. The maximum absolute atomic E-state index is 13.3. The molecule has 1 aliphatic heterocycles. The fourth-order valence-corrected chi connectivity index (χ4v) is 4.54. The first kappa shape index (κ1) is 37.1. The Morgan fingerprint density at radius 2 is 1.67 bits per heavy atom. The van der Waals surface area contributed by atoms with E-state index in [9.17, 15) is 31.1 Å². The number of alkyl halides is 6. The van der Waals surface area contributed by atoms with Crippen molar-refractivity contribution in [1.29, 1.82) is 0 Å². The van der Waals surface area contributed by atoms with Crippen molar-refractivity contribution in [1.82, 2.24) is 4.90 Å². The second-order valence-corrected chi connectivity index (χ2v) is 10.5. The summed E-state index contributed by atoms with van der Waals surface area (Å²) in [5.41, 5.74) is -1.73. The van der Waals surface area contributed by atoms with Gasteiger partial charge in [-0.05, 0) is 76.7 Å². The first-order chi connectivity index (χ1) is 18.0. The molecule has 1 aliphatic rings. The average molecular weight is 585 g/mol. The standard InChI is InChI=1S/C20H22F6N2OS.C6H14O.C2H6/c1-13(27-2)18(30-12-29)9-14-5-7-28(8-6-14)11-15-3-4-16(19(21,22)23)10-17(15)20(24,25)26;1-4-5-6(2,3)7;1-2/h3-4,9-10,12,14H,5-8,11H2,1-2H3;7H,4-5H2,1-3H3;1-2H3/b18-9-,27-13?;;. The van der Waals surface area contributed by atoms with Crippen molar-refractivity contribution in [3.05, 3.63) is 45.9 Å². The number of halogens is 6. The second-order valence-electron chi connectivity index (χ2n) is 9.60. The number of aliphatic hydroxyl groups is 1. The first-order valence-electron chi connectivity index (χ1n) is 13.0. The molecular weight excluding hydrogens is 542 g/mol. The first-order valence-corrected chi connectivity index (χ1v) is 13.9. The number of nitrogens with zero attached hydrogens (tertiary/aromatic N) is 2. The Bertz CT molecular complexity index is 929. The Labute approximate surface area is 233 Å². The summed E-state index contributed by atoms with van der Waals surface area (Å²) >= 11 is 1.03. The van der Waals surface area contributed by atoms with Crippen LogP contribution in [-0.4, -0.2) is 47.1 Å². The van der Waals surface area contributed by atoms with Crippen molar-refractivity contribution >= 4 is 23.1 Å². The Hall–Kier alpha value is -1.85. The second kappa shape index (κ2) is 17.1. The molecule has 1 fully saturated rings. The van der Waals surface area contributed by atoms with Crippen LogP contribution in [0, 0.1) is 5.92 Å². The van der Waals surface area contributed by atoms with Crippen molar-refractivity contribution in [3.63, 3.8) is 0 Å². The van der Waals surface area contributed by atoms with E-state index in [0.717, 1.165) is 46.9 Å². The number of allylic oxidation sites excluding steroid dienone is 2. The number of aliphatic imine (C=N–C) groups is 1. The highest BCUT2D eigenvalue weighted by Gasteiger charge is 2.38. The predicted octanol–water partition coefficient (Wildman–Crippen LogP) is 8.42. The van der Waals surface area contributed by atoms with Gasteiger partial charge in [-0.1, -0.05) is 51.1 Å². The normalized spacial score (nSPS) is 16.2. The quantitative estimate of drug-likeness (QED) is 0.189. The number of carbonyl (C=O) groups is 1. The molecule has 0 radical (unpaired) electrons. The van der Waals surface area contributed by atoms with Crippen LogP contribution in [0.1, 0.15) is 83.9 Å². The highest BCUT2D eigenvalue weighted by Crippen LogP contribution is 2.38. The fraction of sp³-hybridized carbons (Fsp3) is 0.643. The Morgan fingerprint density at radius 1 is 1.10 bits per heavy atom. The number of hydrogen-bond donors (Lipinski definition) is 1. The van der Waals surface area contributed by atoms with Crippen LogP contribution in [0.2, 0.25) is 0 Å². The maximum Gasteiger partial charge on any atom is 0.416 e. The molecule has 0 bridgehead atoms. The van der Waals surface area contributed by atoms with E-state index in [1.165, 1.54) is 0 Å². The number of hydrogen-bond acceptors (Lipinski definition) is 5. The van der Waals surface area contributed by atoms with Crippen molar-refractivity contribution in [2.45, 2.75) is 91.7 Å². The number of thioether (sulfide) groups is 1. The Morgan fingerprint density at radius 3 is 2.05 bits per heavy atom. The smallest absolute Gasteiger partial charge is 0.390 e. The topological polar surface area (TPSA) is 52.9 Å². The summed E-state index contributed by atoms with van der Waals surface area (Å²) in [6, 6.07) is 1.79. The highest BCUT2D eigenvalue weighted by molar-refractivity contribution is 8.16. The van der Waals surface area contributed by atoms with Gasteiger partial charge in [0.2, 0.25) is 0 Å². The largest absolute Gasteiger partial charge is 0.416 e. The van der Waals surface area contributed by atoms with Crippen molar-refractivity contribution in [2.75, 3.05) is 20.1 Å². The van der Waals surface area contributed by atoms with Crippen molar-refractivity contribution < 1.29 is 36.2 Å². The number of piperidine rings is 1. The third-order valence-electron chi connectivity index (χ3n) is 5.88. The third-order valence-corrected chi connectivity index (χ3v) is 6.67. The van der Waals surface area contributed by atoms with E-state index in [1.54, 1.807) is 18.9 Å². The molecule has 0 saturated carbocycles. The Kier molecular flexibility index (Phi) is 16.3. The molecule has 39 heavy (non-hydrogen) atoms. The number of likely N-dealkylation sites (tertiary alicyclic amines) is 1. The molecule has 1 aromatic rings. The summed E-state index contributed by atoms with van der Waals surface area (Å²) in [7, 11) is 1.62. The predicted molar refractivity (Wildman–Crippen MR) is 148 cm³/mol. The van der Waals surface area contributed by atoms with Crippen LogP contribution in [-0.2, 0) is 23.7 Å². The minimum Gasteiger partial charge on any atom is -0.390 e. The minimum atomic E-state index is -4.87. The lowest BCUT2D eigenvalue weighted by atomic mass is 9.95. The molecular formula is C28H42F6N2O2S. The van der Waals surface area contributed by atoms with E-state index in [2.05, 4.69) is 11.9 Å². The lowest BCUT2D eigenvalue weighted by Gasteiger charge is -2.31. The van der Waals surface area contributed by atoms with Crippen LogP contribution in [0.5, 0.6) is 0 Å². The summed E-state index contributed by atoms with van der Waals surface area (Å²) in [6.45, 7) is 12.4. The SMILES string of the molecule is CC.CCCC(C)(C)O.CN=C(C)/C(=C/C1CCN(Cc2ccc(C(F)(F)F)cc2C(F)(F)F)CC1)SC=O. The van der Waals surface area contributed by atoms with Gasteiger partial charge >= 0.3 is 12.4 Å². The molecule has 224 valence electrons. The van der Waals surface area contributed by atoms with E-state index < -0.39 is 29.1 Å². The molecule has 4 nitrogen and oxygen atoms in total. The molecule has 11 heteroatoms. The Balaban J connectivity index is 0.00000139. The summed E-state index contributed by atoms with van der Waals surface area (Å²) < 4.78 is 78.4. The van der Waals surface area contributed by atoms with E-state index in [1.807, 2.05) is 33.8 Å². The van der Waals surface area contributed by atoms with Crippen LogP contribution in [0.15, 0.2) is 34.2 Å². The molecule has 1 heterocycles. The summed E-state index contributed by atoms with van der Waals surface area (Å²) in [4.78, 5) is 17.5. The maximum atomic E-state index is 13.3. The molecule has 0 unspecified atom stereocenters. The molecule has 0 aromatic heterocycles. The van der Waals surface area contributed by atoms with E-state index in [4.69, 9.17) is 5.11 Å². The highest BCUT2D eigenvalue weighted by atomic mass is 32.2. The van der Waals surface area contributed by atoms with Crippen LogP contribution in [0.4, 0.5) is 26.3 Å². The zero-order valence-corrected chi connectivity index (χ0v) is 24.7. The van der Waals surface area contributed by atoms with E-state index >= 15 is 0 Å². The van der Waals surface area contributed by atoms with Crippen LogP contribution in [0.3, 0.4) is 0 Å². The molecule has 1 aromatic carbocycles. The van der Waals surface area contributed by atoms with Gasteiger partial charge in [0.25, 0.3) is 0 Å². The van der Waals surface area contributed by atoms with Gasteiger partial charge in [0, 0.05) is 24.2 Å². The fourth-order valence-electron chi connectivity index (χ4n) is 3.91. The van der Waals surface area contributed by atoms with Gasteiger partial charge in [0.05, 0.1) is 16.7 Å². The van der Waals surface area contributed by atoms with E-state index in [0.29, 0.717) is 32.0 Å². The van der Waals surface area contributed by atoms with Crippen molar-refractivity contribution in [2.24, 2.45) is 10.9 Å². The number of carbonyl (C=O) groups excluding carboxylic acids is 1. The van der Waals surface area contributed by atoms with Gasteiger partial charge < -0.3 is 5.11 Å². The van der Waals surface area contributed by atoms with Crippen LogP contribution >= 0.6 is 11.8 Å². The lowest BCUT2D eigenvalue weighted by molar-refractivity contribution is -0.143. The van der Waals surface area contributed by atoms with Crippen LogP contribution in [0.25, 0.3) is 0 Å². The molecule has 0 aliphatic carbocycles. The number of benzene rings is 1. The summed E-state index contributed by atoms with van der Waals surface area (Å²) in [5, 5.41) is 9.02. The minimum absolute atomic E-state index is 0.0746. The molecule has 0 atom stereocenters. The third kappa shape index (κ3) is 14.4. The monoisotopic (exact) mass is 584 g/mol. The van der Waals surface area contributed by atoms with Crippen LogP contribution < -0.4 is 0 Å². The molecule has 1 N–H and O–H groups in total. The number of rotatable bonds is 8. The van der Waals surface area contributed by atoms with Gasteiger partial charge in [-0.25, -0.2) is 0 Å². The van der Waals surface area contributed by atoms with Gasteiger partial charge in [0.1, 0.15) is 0 Å². The summed E-state index contributed by atoms with van der Waals surface area (Å²) in [6.07, 6.45) is -4.45.